The minimum absolute atomic E-state index is 0.368. The summed E-state index contributed by atoms with van der Waals surface area (Å²) in [4.78, 5) is 0. The molecule has 0 bridgehead atoms. The lowest BCUT2D eigenvalue weighted by Gasteiger charge is -2.13. The first-order valence-electron chi connectivity index (χ1n) is 3.76. The molecular weight excluding hydrogens is 354 g/mol. The van der Waals surface area contributed by atoms with Crippen molar-refractivity contribution in [3.63, 3.8) is 0 Å². The Hall–Kier alpha value is 0.570. The molecule has 0 atom stereocenters. The van der Waals surface area contributed by atoms with E-state index in [9.17, 15) is 8.42 Å². The number of hydrogen-bond acceptors (Lipinski definition) is 3. The fourth-order valence-electron chi connectivity index (χ4n) is 0.829. The minimum Gasteiger partial charge on any atom is -0.206 e. The van der Waals surface area contributed by atoms with Crippen LogP contribution in [-0.2, 0) is 10.0 Å². The molecule has 0 unspecified atom stereocenters. The van der Waals surface area contributed by atoms with Crippen molar-refractivity contribution in [1.82, 2.24) is 4.31 Å². The van der Waals surface area contributed by atoms with Crippen molar-refractivity contribution in [1.29, 1.82) is 0 Å². The molecule has 14 heavy (non-hydrogen) atoms. The third-order valence-electron chi connectivity index (χ3n) is 1.61. The predicted molar refractivity (Wildman–Crippen MR) is 65.6 cm³/mol. The van der Waals surface area contributed by atoms with Gasteiger partial charge < -0.3 is 0 Å². The van der Waals surface area contributed by atoms with Gasteiger partial charge in [0, 0.05) is 18.9 Å². The molecule has 0 amide bonds. The Morgan fingerprint density at radius 2 is 2.14 bits per heavy atom. The van der Waals surface area contributed by atoms with Crippen molar-refractivity contribution >= 4 is 53.2 Å². The zero-order valence-corrected chi connectivity index (χ0v) is 12.2. The average molecular weight is 363 g/mol. The predicted octanol–water partition coefficient (Wildman–Crippen LogP) is 2.53. The van der Waals surface area contributed by atoms with E-state index in [-0.39, 0.29) is 0 Å². The molecule has 1 aromatic heterocycles. The maximum atomic E-state index is 11.8. The van der Waals surface area contributed by atoms with Crippen LogP contribution in [0.1, 0.15) is 0 Å². The summed E-state index contributed by atoms with van der Waals surface area (Å²) >= 11 is 7.67. The van der Waals surface area contributed by atoms with E-state index in [0.717, 1.165) is 3.79 Å². The first-order chi connectivity index (χ1) is 6.48. The van der Waals surface area contributed by atoms with E-state index in [4.69, 9.17) is 0 Å². The van der Waals surface area contributed by atoms with Gasteiger partial charge in [0.2, 0.25) is 0 Å². The fourth-order valence-corrected chi connectivity index (χ4v) is 4.99. The van der Waals surface area contributed by atoms with Gasteiger partial charge in [-0.25, -0.2) is 8.42 Å². The Morgan fingerprint density at radius 3 is 2.57 bits per heavy atom. The first kappa shape index (κ1) is 12.6. The maximum Gasteiger partial charge on any atom is 0.252 e. The van der Waals surface area contributed by atoms with E-state index in [2.05, 4.69) is 31.9 Å². The SMILES string of the molecule is CN(CCBr)S(=O)(=O)c1ccc(Br)s1. The molecule has 0 fully saturated rings. The second-order valence-electron chi connectivity index (χ2n) is 2.57. The zero-order valence-electron chi connectivity index (χ0n) is 7.41. The van der Waals surface area contributed by atoms with Crippen LogP contribution >= 0.6 is 43.2 Å². The van der Waals surface area contributed by atoms with Crippen molar-refractivity contribution < 1.29 is 8.42 Å². The lowest BCUT2D eigenvalue weighted by atomic mass is 10.7. The Morgan fingerprint density at radius 1 is 1.50 bits per heavy atom. The third-order valence-corrected chi connectivity index (χ3v) is 5.92. The quantitative estimate of drug-likeness (QED) is 0.772. The van der Waals surface area contributed by atoms with Crippen molar-refractivity contribution in [2.24, 2.45) is 0 Å². The summed E-state index contributed by atoms with van der Waals surface area (Å²) in [6.45, 7) is 0.470. The standard InChI is InChI=1S/C7H9Br2NO2S2/c1-10(5-4-8)14(11,12)7-3-2-6(9)13-7/h2-3H,4-5H2,1H3. The topological polar surface area (TPSA) is 37.4 Å². The summed E-state index contributed by atoms with van der Waals surface area (Å²) in [5.74, 6) is 0. The highest BCUT2D eigenvalue weighted by Gasteiger charge is 2.21. The first-order valence-corrected chi connectivity index (χ1v) is 7.93. The number of alkyl halides is 1. The van der Waals surface area contributed by atoms with Gasteiger partial charge in [0.1, 0.15) is 4.21 Å². The van der Waals surface area contributed by atoms with Crippen molar-refractivity contribution in [2.75, 3.05) is 18.9 Å². The van der Waals surface area contributed by atoms with Gasteiger partial charge in [-0.15, -0.1) is 11.3 Å². The number of halogens is 2. The Balaban J connectivity index is 2.96. The van der Waals surface area contributed by atoms with E-state index in [1.54, 1.807) is 19.2 Å². The number of thiophene rings is 1. The van der Waals surface area contributed by atoms with Crippen LogP contribution in [0.3, 0.4) is 0 Å². The number of sulfonamides is 1. The van der Waals surface area contributed by atoms with Crippen LogP contribution in [0.5, 0.6) is 0 Å². The Kier molecular flexibility index (Phi) is 4.57. The van der Waals surface area contributed by atoms with Gasteiger partial charge in [-0.1, -0.05) is 15.9 Å². The molecule has 1 rings (SSSR count). The summed E-state index contributed by atoms with van der Waals surface area (Å²) in [5, 5.41) is 0.634. The summed E-state index contributed by atoms with van der Waals surface area (Å²) in [6, 6.07) is 3.34. The average Bonchev–Trinajstić information content (AvgIpc) is 2.52. The summed E-state index contributed by atoms with van der Waals surface area (Å²) in [6.07, 6.45) is 0. The van der Waals surface area contributed by atoms with E-state index in [1.165, 1.54) is 15.6 Å². The van der Waals surface area contributed by atoms with Crippen LogP contribution < -0.4 is 0 Å². The zero-order chi connectivity index (χ0) is 10.8. The van der Waals surface area contributed by atoms with Gasteiger partial charge in [0.05, 0.1) is 3.79 Å². The fraction of sp³-hybridized carbons (Fsp3) is 0.429. The van der Waals surface area contributed by atoms with Crippen molar-refractivity contribution in [3.8, 4) is 0 Å². The lowest BCUT2D eigenvalue weighted by molar-refractivity contribution is 0.491. The van der Waals surface area contributed by atoms with Gasteiger partial charge in [0.25, 0.3) is 10.0 Å². The molecule has 1 aromatic rings. The van der Waals surface area contributed by atoms with Gasteiger partial charge in [-0.3, -0.25) is 0 Å². The van der Waals surface area contributed by atoms with Crippen LogP contribution in [0.25, 0.3) is 0 Å². The molecule has 0 aromatic carbocycles. The molecule has 1 heterocycles. The van der Waals surface area contributed by atoms with E-state index >= 15 is 0 Å². The molecule has 0 spiro atoms. The molecule has 80 valence electrons. The summed E-state index contributed by atoms with van der Waals surface area (Å²) in [5.41, 5.74) is 0. The van der Waals surface area contributed by atoms with Crippen LogP contribution in [-0.4, -0.2) is 31.6 Å². The third kappa shape index (κ3) is 2.79. The number of rotatable bonds is 4. The smallest absolute Gasteiger partial charge is 0.206 e. The number of nitrogens with zero attached hydrogens (tertiary/aromatic N) is 1. The molecule has 0 radical (unpaired) electrons. The molecule has 7 heteroatoms. The Bertz CT molecular complexity index is 402. The van der Waals surface area contributed by atoms with Gasteiger partial charge >= 0.3 is 0 Å². The molecule has 0 aliphatic heterocycles. The van der Waals surface area contributed by atoms with E-state index in [0.29, 0.717) is 16.1 Å². The van der Waals surface area contributed by atoms with Gasteiger partial charge in [-0.2, -0.15) is 4.31 Å². The van der Waals surface area contributed by atoms with E-state index in [1.807, 2.05) is 0 Å². The van der Waals surface area contributed by atoms with Gasteiger partial charge in [-0.05, 0) is 28.1 Å². The molecule has 0 aliphatic rings. The monoisotopic (exact) mass is 361 g/mol. The maximum absolute atomic E-state index is 11.8. The second-order valence-corrected chi connectivity index (χ2v) is 8.10. The second kappa shape index (κ2) is 5.07. The molecule has 0 saturated heterocycles. The molecule has 0 aliphatic carbocycles. The normalized spacial score (nSPS) is 12.3. The summed E-state index contributed by atoms with van der Waals surface area (Å²) < 4.78 is 26.2. The molecule has 0 saturated carbocycles. The highest BCUT2D eigenvalue weighted by atomic mass is 79.9. The molecule has 3 nitrogen and oxygen atoms in total. The Labute approximate surface area is 104 Å². The summed E-state index contributed by atoms with van der Waals surface area (Å²) in [7, 11) is -1.71. The van der Waals surface area contributed by atoms with Crippen LogP contribution in [0.2, 0.25) is 0 Å². The minimum atomic E-state index is -3.29. The van der Waals surface area contributed by atoms with Crippen molar-refractivity contribution in [3.05, 3.63) is 15.9 Å². The highest BCUT2D eigenvalue weighted by Crippen LogP contribution is 2.27. The number of hydrogen-bond donors (Lipinski definition) is 0. The van der Waals surface area contributed by atoms with Crippen LogP contribution in [0, 0.1) is 0 Å². The van der Waals surface area contributed by atoms with Crippen LogP contribution in [0.4, 0.5) is 0 Å². The highest BCUT2D eigenvalue weighted by molar-refractivity contribution is 9.11. The lowest BCUT2D eigenvalue weighted by Crippen LogP contribution is -2.27. The van der Waals surface area contributed by atoms with Gasteiger partial charge in [0.15, 0.2) is 0 Å². The van der Waals surface area contributed by atoms with E-state index < -0.39 is 10.0 Å². The van der Waals surface area contributed by atoms with Crippen LogP contribution in [0.15, 0.2) is 20.1 Å². The largest absolute Gasteiger partial charge is 0.252 e. The van der Waals surface area contributed by atoms with Crippen molar-refractivity contribution in [2.45, 2.75) is 4.21 Å². The molecular formula is C7H9Br2NO2S2. The molecule has 0 N–H and O–H groups in total.